The van der Waals surface area contributed by atoms with Gasteiger partial charge in [-0.25, -0.2) is 9.59 Å². The summed E-state index contributed by atoms with van der Waals surface area (Å²) in [5, 5.41) is 17.7. The van der Waals surface area contributed by atoms with Crippen molar-refractivity contribution in [3.63, 3.8) is 0 Å². The molecule has 1 aromatic rings. The fourth-order valence-electron chi connectivity index (χ4n) is 14.2. The SMILES string of the molecule is C=C1CC2CC[C@@]34C[C@H]5O[C@H]6[C@@H](O3)[C@H]3O[C@H](CC[C@@H]3O[C@H]6[C@H]5O4)CC(=O)CC3[C@@H](OC)C(C[C@H](O)CNC(=O)OCc4ccc(N(CCOCCOCCOCCN=[N+]=[N-])C(=O)OCC(C)(C)SSC)cc4)O[C@H]3CC3OC(CCC1O2)C[C@@H](C)C3=C. The maximum Gasteiger partial charge on any atom is 0.414 e. The van der Waals surface area contributed by atoms with E-state index in [1.54, 1.807) is 53.0 Å². The molecule has 2 amide bonds. The van der Waals surface area contributed by atoms with Crippen LogP contribution in [0.1, 0.15) is 110 Å². The van der Waals surface area contributed by atoms with Crippen molar-refractivity contribution in [3.8, 4) is 0 Å². The lowest BCUT2D eigenvalue weighted by atomic mass is 9.81. The van der Waals surface area contributed by atoms with Gasteiger partial charge < -0.3 is 76.7 Å². The van der Waals surface area contributed by atoms with Crippen LogP contribution in [0.5, 0.6) is 0 Å². The highest BCUT2D eigenvalue weighted by atomic mass is 33.1. The molecule has 0 aliphatic carbocycles. The maximum atomic E-state index is 14.5. The predicted molar refractivity (Wildman–Crippen MR) is 322 cm³/mol. The Labute approximate surface area is 518 Å². The number of carbonyl (C=O) groups is 3. The number of methoxy groups -OCH3 is 1. The van der Waals surface area contributed by atoms with Gasteiger partial charge in [0, 0.05) is 75.2 Å². The van der Waals surface area contributed by atoms with E-state index in [4.69, 9.17) is 71.8 Å². The molecule has 10 heterocycles. The number of azide groups is 1. The van der Waals surface area contributed by atoms with Gasteiger partial charge in [0.1, 0.15) is 49.5 Å². The van der Waals surface area contributed by atoms with E-state index in [-0.39, 0.29) is 142 Å². The molecular weight excluding hydrogens is 1170 g/mol. The number of aliphatic hydroxyl groups excluding tert-OH is 1. The number of anilines is 1. The quantitative estimate of drug-likeness (QED) is 0.0245. The topological polar surface area (TPSA) is 265 Å². The predicted octanol–water partition coefficient (Wildman–Crippen LogP) is 8.50. The number of ketones is 1. The Morgan fingerprint density at radius 1 is 0.828 bits per heavy atom. The van der Waals surface area contributed by atoms with E-state index < -0.39 is 54.6 Å². The second-order valence-electron chi connectivity index (χ2n) is 25.3. The maximum absolute atomic E-state index is 14.5. The van der Waals surface area contributed by atoms with Crippen LogP contribution in [-0.4, -0.2) is 211 Å². The highest BCUT2D eigenvalue weighted by Crippen LogP contribution is 2.55. The smallest absolute Gasteiger partial charge is 0.414 e. The summed E-state index contributed by atoms with van der Waals surface area (Å²) in [5.74, 6) is -1.02. The number of alkyl carbamates (subject to hydrolysis) is 1. The molecule has 484 valence electrons. The lowest BCUT2D eigenvalue weighted by Crippen LogP contribution is -2.61. The molecule has 2 N–H and O–H groups in total. The summed E-state index contributed by atoms with van der Waals surface area (Å²) in [6, 6.07) is 7.01. The van der Waals surface area contributed by atoms with Gasteiger partial charge in [-0.15, -0.1) is 0 Å². The number of hydrogen-bond donors (Lipinski definition) is 2. The zero-order valence-corrected chi connectivity index (χ0v) is 52.7. The van der Waals surface area contributed by atoms with Crippen molar-refractivity contribution < 1.29 is 85.8 Å². The first kappa shape index (κ1) is 66.3. The molecule has 10 fully saturated rings. The summed E-state index contributed by atoms with van der Waals surface area (Å²) < 4.78 is 88.6. The fourth-order valence-corrected chi connectivity index (χ4v) is 16.2. The third-order valence-electron chi connectivity index (χ3n) is 18.5. The highest BCUT2D eigenvalue weighted by molar-refractivity contribution is 8.77. The standard InChI is InChI=1S/C62H91N5O18S2/c1-36-26-43-12-14-47-37(2)27-45(78-47)16-17-62-32-52-55(84-62)56-57(83-52)58(85-62)54-48(82-56)15-13-44(80-54)28-41(68)29-46-50(31-49(79-43)38(36)3)81-51(53(46)72-6)30-42(69)33-64-59(70)76-34-39-8-10-40(11-9-39)67(60(71)77-35-61(4,5)87-86-7)19-21-74-23-25-75-24-22-73-20-18-65-66-63/h8-11,36,42-58,69H,2-3,12-35H2,1,4-7H3,(H,64,70)/t36-,42+,43?,44-,45?,46?,47?,48+,49?,50+,51?,52-,53-,54+,55+,56+,57-,58+,62+/m1/s1. The zero-order valence-electron chi connectivity index (χ0n) is 51.1. The number of hydrogen-bond acceptors (Lipinski definition) is 21. The summed E-state index contributed by atoms with van der Waals surface area (Å²) in [5.41, 5.74) is 11.7. The van der Waals surface area contributed by atoms with Gasteiger partial charge in [0.2, 0.25) is 0 Å². The molecule has 10 aliphatic heterocycles. The minimum atomic E-state index is -1.06. The summed E-state index contributed by atoms with van der Waals surface area (Å²) >= 11 is 0. The molecule has 0 aromatic heterocycles. The van der Waals surface area contributed by atoms with Crippen LogP contribution in [0, 0.1) is 11.8 Å². The Morgan fingerprint density at radius 3 is 2.31 bits per heavy atom. The van der Waals surface area contributed by atoms with Gasteiger partial charge in [0.25, 0.3) is 0 Å². The number of amides is 2. The third kappa shape index (κ3) is 16.9. The first-order chi connectivity index (χ1) is 42.0. The van der Waals surface area contributed by atoms with Crippen LogP contribution in [0.2, 0.25) is 0 Å². The number of nitrogens with one attached hydrogen (secondary N) is 1. The second kappa shape index (κ2) is 30.7. The Kier molecular flexibility index (Phi) is 23.4. The van der Waals surface area contributed by atoms with E-state index in [0.717, 1.165) is 49.7 Å². The second-order valence-corrected chi connectivity index (χ2v) is 28.4. The fraction of sp³-hybridized carbons (Fsp3) is 0.790. The molecule has 6 unspecified atom stereocenters. The number of aliphatic hydroxyl groups is 1. The minimum Gasteiger partial charge on any atom is -0.448 e. The number of fused-ring (bicyclic) bond motifs is 6. The van der Waals surface area contributed by atoms with Gasteiger partial charge in [-0.2, -0.15) is 0 Å². The molecule has 11 rings (SSSR count). The molecule has 12 bridgehead atoms. The minimum absolute atomic E-state index is 0.00820. The Balaban J connectivity index is 0.744. The molecule has 87 heavy (non-hydrogen) atoms. The molecule has 19 atom stereocenters. The average Bonchev–Trinajstić information content (AvgIpc) is 1.60. The van der Waals surface area contributed by atoms with Crippen molar-refractivity contribution >= 4 is 45.2 Å². The van der Waals surface area contributed by atoms with Crippen LogP contribution < -0.4 is 10.2 Å². The van der Waals surface area contributed by atoms with Crippen molar-refractivity contribution in [1.29, 1.82) is 0 Å². The van der Waals surface area contributed by atoms with Crippen LogP contribution in [0.25, 0.3) is 10.4 Å². The van der Waals surface area contributed by atoms with Crippen molar-refractivity contribution in [3.05, 3.63) is 64.6 Å². The number of carbonyl (C=O) groups excluding carboxylic acids is 3. The van der Waals surface area contributed by atoms with E-state index >= 15 is 0 Å². The van der Waals surface area contributed by atoms with E-state index in [1.807, 2.05) is 20.1 Å². The molecule has 0 saturated carbocycles. The van der Waals surface area contributed by atoms with E-state index in [1.165, 1.54) is 4.90 Å². The van der Waals surface area contributed by atoms with E-state index in [0.29, 0.717) is 70.0 Å². The van der Waals surface area contributed by atoms with Crippen LogP contribution in [0.15, 0.2) is 53.7 Å². The summed E-state index contributed by atoms with van der Waals surface area (Å²) in [6.45, 7) is 17.5. The van der Waals surface area contributed by atoms with Gasteiger partial charge in [0.05, 0.1) is 118 Å². The van der Waals surface area contributed by atoms with Crippen LogP contribution in [-0.2, 0) is 77.7 Å². The number of Topliss-reactive ketones (excluding diaryl/α,β-unsaturated/α-hetero) is 1. The molecule has 10 aliphatic rings. The summed E-state index contributed by atoms with van der Waals surface area (Å²) in [6.07, 6.45) is 2.68. The van der Waals surface area contributed by atoms with E-state index in [9.17, 15) is 19.5 Å². The van der Waals surface area contributed by atoms with Gasteiger partial charge in [-0.05, 0) is 105 Å². The van der Waals surface area contributed by atoms with Gasteiger partial charge in [-0.3, -0.25) is 9.69 Å². The summed E-state index contributed by atoms with van der Waals surface area (Å²) in [4.78, 5) is 45.4. The number of ether oxygens (including phenoxy) is 14. The normalized spacial score (nSPS) is 35.9. The van der Waals surface area contributed by atoms with Crippen molar-refractivity contribution in [1.82, 2.24) is 5.32 Å². The zero-order chi connectivity index (χ0) is 61.2. The monoisotopic (exact) mass is 1260 g/mol. The first-order valence-corrected chi connectivity index (χ1v) is 33.8. The molecule has 1 aromatic carbocycles. The Hall–Kier alpha value is -3.60. The molecule has 10 saturated heterocycles. The molecular formula is C62H91N5O18S2. The Morgan fingerprint density at radius 2 is 1.54 bits per heavy atom. The van der Waals surface area contributed by atoms with Crippen LogP contribution >= 0.6 is 21.6 Å². The van der Waals surface area contributed by atoms with Gasteiger partial charge >= 0.3 is 12.2 Å². The van der Waals surface area contributed by atoms with Gasteiger partial charge in [-0.1, -0.05) is 58.9 Å². The largest absolute Gasteiger partial charge is 0.448 e. The number of nitrogens with zero attached hydrogens (tertiary/aromatic N) is 4. The molecule has 23 nitrogen and oxygen atoms in total. The third-order valence-corrected chi connectivity index (χ3v) is 21.1. The van der Waals surface area contributed by atoms with Crippen molar-refractivity contribution in [2.24, 2.45) is 17.0 Å². The summed E-state index contributed by atoms with van der Waals surface area (Å²) in [7, 11) is 4.82. The van der Waals surface area contributed by atoms with Crippen molar-refractivity contribution in [2.45, 2.75) is 219 Å². The van der Waals surface area contributed by atoms with Crippen LogP contribution in [0.3, 0.4) is 0 Å². The average molecular weight is 1260 g/mol. The number of benzene rings is 1. The van der Waals surface area contributed by atoms with Gasteiger partial charge in [0.15, 0.2) is 5.79 Å². The molecule has 0 radical (unpaired) electrons. The van der Waals surface area contributed by atoms with E-state index in [2.05, 4.69) is 35.4 Å². The Bertz CT molecular complexity index is 2550. The number of rotatable bonds is 24. The van der Waals surface area contributed by atoms with Crippen molar-refractivity contribution in [2.75, 3.05) is 84.1 Å². The molecule has 1 spiro atoms. The lowest BCUT2D eigenvalue weighted by molar-refractivity contribution is -0.292. The first-order valence-electron chi connectivity index (χ1n) is 31.3. The molecule has 25 heteroatoms. The van der Waals surface area contributed by atoms with Crippen LogP contribution in [0.4, 0.5) is 15.3 Å². The lowest BCUT2D eigenvalue weighted by Gasteiger charge is -2.47. The highest BCUT2D eigenvalue weighted by Gasteiger charge is 2.69.